The van der Waals surface area contributed by atoms with E-state index >= 15 is 0 Å². The summed E-state index contributed by atoms with van der Waals surface area (Å²) in [4.78, 5) is 30.7. The lowest BCUT2D eigenvalue weighted by molar-refractivity contribution is -0.115. The first-order valence-electron chi connectivity index (χ1n) is 15.3. The molecule has 1 unspecified atom stereocenters. The Hall–Kier alpha value is -4.58. The number of ether oxygens (including phenoxy) is 2. The molecule has 2 aliphatic heterocycles. The summed E-state index contributed by atoms with van der Waals surface area (Å²) in [6, 6.07) is 27.3. The van der Waals surface area contributed by atoms with E-state index in [2.05, 4.69) is 30.9 Å². The molecule has 0 saturated carbocycles. The van der Waals surface area contributed by atoms with Crippen LogP contribution in [0.1, 0.15) is 79.1 Å². The van der Waals surface area contributed by atoms with Crippen molar-refractivity contribution in [3.05, 3.63) is 113 Å². The molecule has 0 aliphatic carbocycles. The van der Waals surface area contributed by atoms with Crippen molar-refractivity contribution >= 4 is 28.9 Å². The molecule has 6 heteroatoms. The van der Waals surface area contributed by atoms with Crippen LogP contribution in [0, 0.1) is 6.92 Å². The van der Waals surface area contributed by atoms with Gasteiger partial charge in [-0.25, -0.2) is 4.79 Å². The number of aryl methyl sites for hydroxylation is 1. The van der Waals surface area contributed by atoms with Gasteiger partial charge in [0.15, 0.2) is 5.60 Å². The van der Waals surface area contributed by atoms with Gasteiger partial charge in [-0.05, 0) is 67.8 Å². The van der Waals surface area contributed by atoms with Crippen LogP contribution in [0.4, 0.5) is 17.1 Å². The number of hydrogen-bond donors (Lipinski definition) is 0. The fourth-order valence-electron chi connectivity index (χ4n) is 6.37. The van der Waals surface area contributed by atoms with Gasteiger partial charge >= 0.3 is 5.97 Å². The van der Waals surface area contributed by atoms with Gasteiger partial charge in [0.1, 0.15) is 11.5 Å². The smallest absolute Gasteiger partial charge is 0.340 e. The maximum absolute atomic E-state index is 13.4. The molecule has 0 radical (unpaired) electrons. The Kier molecular flexibility index (Phi) is 7.70. The van der Waals surface area contributed by atoms with Gasteiger partial charge in [0, 0.05) is 54.1 Å². The number of nitrogens with zero attached hydrogens (tertiary/aromatic N) is 2. The molecule has 0 N–H and O–H groups in total. The largest absolute Gasteiger partial charge is 0.456 e. The Morgan fingerprint density at radius 1 is 0.767 bits per heavy atom. The van der Waals surface area contributed by atoms with Crippen molar-refractivity contribution in [2.75, 3.05) is 22.9 Å². The molecule has 2 aliphatic rings. The monoisotopic (exact) mass is 574 g/mol. The fraction of sp³-hybridized carbons (Fsp3) is 0.297. The second-order valence-corrected chi connectivity index (χ2v) is 11.4. The molecule has 1 amide bonds. The Labute approximate surface area is 253 Å². The number of anilines is 3. The Morgan fingerprint density at radius 3 is 2.14 bits per heavy atom. The van der Waals surface area contributed by atoms with Crippen LogP contribution in [0.25, 0.3) is 0 Å². The van der Waals surface area contributed by atoms with Gasteiger partial charge in [0.25, 0.3) is 0 Å². The van der Waals surface area contributed by atoms with Crippen molar-refractivity contribution in [2.45, 2.75) is 59.0 Å². The SMILES string of the molecule is CCCCN(CCCC)c1ccc2c(c1)Oc1cc(C)c(N(C(C)=O)c3ccccc3)cc1C21OC(=O)c2ccccc21. The minimum atomic E-state index is -1.21. The Balaban J connectivity index is 1.56. The van der Waals surface area contributed by atoms with Crippen LogP contribution < -0.4 is 14.5 Å². The molecule has 0 saturated heterocycles. The lowest BCUT2D eigenvalue weighted by atomic mass is 9.77. The van der Waals surface area contributed by atoms with Crippen LogP contribution in [-0.2, 0) is 15.1 Å². The van der Waals surface area contributed by atoms with Gasteiger partial charge in [0.2, 0.25) is 5.91 Å². The molecule has 2 heterocycles. The van der Waals surface area contributed by atoms with Crippen molar-refractivity contribution in [3.8, 4) is 11.5 Å². The first-order chi connectivity index (χ1) is 20.9. The third-order valence-corrected chi connectivity index (χ3v) is 8.51. The van der Waals surface area contributed by atoms with Crippen LogP contribution in [0.3, 0.4) is 0 Å². The molecule has 43 heavy (non-hydrogen) atoms. The molecule has 6 rings (SSSR count). The molecule has 0 fully saturated rings. The van der Waals surface area contributed by atoms with Crippen LogP contribution >= 0.6 is 0 Å². The number of carbonyl (C=O) groups excluding carboxylic acids is 2. The Bertz CT molecular complexity index is 1670. The zero-order valence-electron chi connectivity index (χ0n) is 25.4. The highest BCUT2D eigenvalue weighted by atomic mass is 16.6. The van der Waals surface area contributed by atoms with E-state index in [1.165, 1.54) is 0 Å². The zero-order chi connectivity index (χ0) is 30.1. The Morgan fingerprint density at radius 2 is 1.44 bits per heavy atom. The predicted molar refractivity (Wildman–Crippen MR) is 171 cm³/mol. The van der Waals surface area contributed by atoms with Crippen LogP contribution in [0.5, 0.6) is 11.5 Å². The highest BCUT2D eigenvalue weighted by molar-refractivity contribution is 6.01. The highest BCUT2D eigenvalue weighted by Gasteiger charge is 2.54. The molecule has 4 aromatic rings. The third-order valence-electron chi connectivity index (χ3n) is 8.51. The second kappa shape index (κ2) is 11.6. The van der Waals surface area contributed by atoms with E-state index in [4.69, 9.17) is 9.47 Å². The number of hydrogen-bond acceptors (Lipinski definition) is 5. The molecular weight excluding hydrogens is 536 g/mol. The minimum absolute atomic E-state index is 0.117. The first kappa shape index (κ1) is 28.5. The van der Waals surface area contributed by atoms with E-state index in [-0.39, 0.29) is 11.9 Å². The first-order valence-corrected chi connectivity index (χ1v) is 15.3. The van der Waals surface area contributed by atoms with E-state index in [0.29, 0.717) is 28.3 Å². The summed E-state index contributed by atoms with van der Waals surface area (Å²) >= 11 is 0. The number of benzene rings is 4. The maximum atomic E-state index is 13.4. The predicted octanol–water partition coefficient (Wildman–Crippen LogP) is 8.65. The van der Waals surface area contributed by atoms with E-state index in [0.717, 1.165) is 66.8 Å². The average Bonchev–Trinajstić information content (AvgIpc) is 3.30. The van der Waals surface area contributed by atoms with Gasteiger partial charge in [-0.3, -0.25) is 9.69 Å². The van der Waals surface area contributed by atoms with Crippen molar-refractivity contribution in [1.82, 2.24) is 0 Å². The summed E-state index contributed by atoms with van der Waals surface area (Å²) in [7, 11) is 0. The number of para-hydroxylation sites is 1. The highest BCUT2D eigenvalue weighted by Crippen LogP contribution is 2.57. The quantitative estimate of drug-likeness (QED) is 0.187. The van der Waals surface area contributed by atoms with Gasteiger partial charge in [-0.15, -0.1) is 0 Å². The summed E-state index contributed by atoms with van der Waals surface area (Å²) in [5, 5.41) is 0. The lowest BCUT2D eigenvalue weighted by Crippen LogP contribution is -2.34. The molecule has 1 spiro atoms. The lowest BCUT2D eigenvalue weighted by Gasteiger charge is -2.38. The summed E-state index contributed by atoms with van der Waals surface area (Å²) in [6.45, 7) is 9.89. The molecule has 6 nitrogen and oxygen atoms in total. The third kappa shape index (κ3) is 4.85. The van der Waals surface area contributed by atoms with Crippen LogP contribution in [0.2, 0.25) is 0 Å². The summed E-state index contributed by atoms with van der Waals surface area (Å²) in [5.41, 5.74) is 5.01. The number of rotatable bonds is 9. The summed E-state index contributed by atoms with van der Waals surface area (Å²) in [5.74, 6) is 0.791. The fourth-order valence-corrected chi connectivity index (χ4v) is 6.37. The van der Waals surface area contributed by atoms with E-state index in [1.807, 2.05) is 79.7 Å². The van der Waals surface area contributed by atoms with E-state index < -0.39 is 5.60 Å². The number of esters is 1. The molecule has 220 valence electrons. The van der Waals surface area contributed by atoms with Gasteiger partial charge in [0.05, 0.1) is 11.3 Å². The zero-order valence-corrected chi connectivity index (χ0v) is 25.4. The number of amides is 1. The van der Waals surface area contributed by atoms with Crippen LogP contribution in [0.15, 0.2) is 84.9 Å². The molecule has 0 bridgehead atoms. The van der Waals surface area contributed by atoms with Crippen molar-refractivity contribution in [3.63, 3.8) is 0 Å². The van der Waals surface area contributed by atoms with E-state index in [1.54, 1.807) is 11.8 Å². The van der Waals surface area contributed by atoms with E-state index in [9.17, 15) is 9.59 Å². The molecule has 0 aromatic heterocycles. The van der Waals surface area contributed by atoms with Crippen molar-refractivity contribution in [2.24, 2.45) is 0 Å². The topological polar surface area (TPSA) is 59.1 Å². The van der Waals surface area contributed by atoms with Crippen LogP contribution in [-0.4, -0.2) is 25.0 Å². The standard InChI is InChI=1S/C37H38N2O4/c1-5-7-20-38(21-8-6-2)28-18-19-31-35(23-28)42-34-22-25(3)33(39(26(4)40)27-14-10-9-11-15-27)24-32(34)37(31)30-17-13-12-16-29(30)36(41)43-37/h9-19,22-24H,5-8,20-21H2,1-4H3. The number of fused-ring (bicyclic) bond motifs is 6. The summed E-state index contributed by atoms with van der Waals surface area (Å²) in [6.07, 6.45) is 4.45. The van der Waals surface area contributed by atoms with Gasteiger partial charge in [-0.2, -0.15) is 0 Å². The van der Waals surface area contributed by atoms with Gasteiger partial charge in [-0.1, -0.05) is 63.1 Å². The molecule has 1 atom stereocenters. The minimum Gasteiger partial charge on any atom is -0.456 e. The molecule has 4 aromatic carbocycles. The number of carbonyl (C=O) groups is 2. The average molecular weight is 575 g/mol. The van der Waals surface area contributed by atoms with Crippen molar-refractivity contribution in [1.29, 1.82) is 0 Å². The number of unbranched alkanes of at least 4 members (excludes halogenated alkanes) is 2. The molecular formula is C37H38N2O4. The second-order valence-electron chi connectivity index (χ2n) is 11.4. The normalized spacial score (nSPS) is 16.1. The van der Waals surface area contributed by atoms with Gasteiger partial charge < -0.3 is 14.4 Å². The summed E-state index contributed by atoms with van der Waals surface area (Å²) < 4.78 is 13.1. The van der Waals surface area contributed by atoms with Crippen molar-refractivity contribution < 1.29 is 19.1 Å². The maximum Gasteiger partial charge on any atom is 0.340 e.